The van der Waals surface area contributed by atoms with E-state index >= 15 is 0 Å². The van der Waals surface area contributed by atoms with E-state index in [4.69, 9.17) is 5.41 Å². The lowest BCUT2D eigenvalue weighted by Gasteiger charge is -2.18. The van der Waals surface area contributed by atoms with E-state index in [0.717, 1.165) is 37.7 Å². The van der Waals surface area contributed by atoms with Crippen molar-refractivity contribution in [3.05, 3.63) is 0 Å². The fourth-order valence-electron chi connectivity index (χ4n) is 1.81. The smallest absolute Gasteiger partial charge is 0.0957 e. The van der Waals surface area contributed by atoms with Crippen molar-refractivity contribution in [1.82, 2.24) is 4.90 Å². The Hall–Kier alpha value is -0.530. The molecule has 1 unspecified atom stereocenters. The molecule has 1 fully saturated rings. The van der Waals surface area contributed by atoms with Gasteiger partial charge in [0.1, 0.15) is 0 Å². The van der Waals surface area contributed by atoms with E-state index in [0.29, 0.717) is 0 Å². The van der Waals surface area contributed by atoms with E-state index in [1.807, 2.05) is 0 Å². The van der Waals surface area contributed by atoms with Gasteiger partial charge in [-0.25, -0.2) is 0 Å². The first-order valence-electron chi connectivity index (χ1n) is 5.10. The molecule has 0 aromatic rings. The molecule has 0 amide bonds. The van der Waals surface area contributed by atoms with E-state index in [-0.39, 0.29) is 0 Å². The molecule has 2 nitrogen and oxygen atoms in total. The molecule has 1 aliphatic rings. The van der Waals surface area contributed by atoms with Crippen LogP contribution >= 0.6 is 0 Å². The molecule has 70 valence electrons. The van der Waals surface area contributed by atoms with E-state index in [2.05, 4.69) is 18.7 Å². The summed E-state index contributed by atoms with van der Waals surface area (Å²) in [6, 6.07) is 0. The van der Waals surface area contributed by atoms with Gasteiger partial charge >= 0.3 is 0 Å². The number of nitrogens with zero attached hydrogens (tertiary/aromatic N) is 1. The monoisotopic (exact) mass is 168 g/mol. The van der Waals surface area contributed by atoms with E-state index in [1.165, 1.54) is 12.8 Å². The molecule has 1 N–H and O–H groups in total. The zero-order chi connectivity index (χ0) is 8.97. The van der Waals surface area contributed by atoms with Crippen LogP contribution in [-0.2, 0) is 0 Å². The molecular weight excluding hydrogens is 148 g/mol. The minimum absolute atomic E-state index is 0.849. The number of hydrogen-bond acceptors (Lipinski definition) is 1. The van der Waals surface area contributed by atoms with Gasteiger partial charge in [-0.3, -0.25) is 5.41 Å². The summed E-state index contributed by atoms with van der Waals surface area (Å²) in [6.07, 6.45) is 4.63. The second kappa shape index (κ2) is 4.48. The van der Waals surface area contributed by atoms with Crippen LogP contribution in [0, 0.1) is 11.3 Å². The van der Waals surface area contributed by atoms with Crippen molar-refractivity contribution in [3.63, 3.8) is 0 Å². The highest BCUT2D eigenvalue weighted by molar-refractivity contribution is 5.79. The highest BCUT2D eigenvalue weighted by Crippen LogP contribution is 2.19. The van der Waals surface area contributed by atoms with Gasteiger partial charge in [-0.2, -0.15) is 0 Å². The summed E-state index contributed by atoms with van der Waals surface area (Å²) >= 11 is 0. The number of nitrogens with one attached hydrogen (secondary N) is 1. The third-order valence-corrected chi connectivity index (χ3v) is 2.73. The zero-order valence-electron chi connectivity index (χ0n) is 8.27. The van der Waals surface area contributed by atoms with Gasteiger partial charge in [0, 0.05) is 19.5 Å². The molecule has 12 heavy (non-hydrogen) atoms. The maximum Gasteiger partial charge on any atom is 0.0957 e. The zero-order valence-corrected chi connectivity index (χ0v) is 8.27. The van der Waals surface area contributed by atoms with Crippen molar-refractivity contribution in [2.45, 2.75) is 39.5 Å². The van der Waals surface area contributed by atoms with E-state index < -0.39 is 0 Å². The molecule has 0 aliphatic carbocycles. The van der Waals surface area contributed by atoms with Crippen LogP contribution in [0.25, 0.3) is 0 Å². The molecule has 1 rings (SSSR count). The predicted molar refractivity (Wildman–Crippen MR) is 52.6 cm³/mol. The van der Waals surface area contributed by atoms with Gasteiger partial charge in [0.15, 0.2) is 0 Å². The fourth-order valence-corrected chi connectivity index (χ4v) is 1.81. The number of likely N-dealkylation sites (tertiary alicyclic amines) is 1. The van der Waals surface area contributed by atoms with Crippen LogP contribution in [0.2, 0.25) is 0 Å². The molecule has 0 aromatic carbocycles. The van der Waals surface area contributed by atoms with Gasteiger partial charge < -0.3 is 4.90 Å². The first-order valence-corrected chi connectivity index (χ1v) is 5.10. The summed E-state index contributed by atoms with van der Waals surface area (Å²) in [5.74, 6) is 1.70. The summed E-state index contributed by atoms with van der Waals surface area (Å²) in [5, 5.41) is 7.78. The SMILES string of the molecule is CCCC(=N)N1CCC(CC)C1. The maximum atomic E-state index is 7.78. The molecule has 1 atom stereocenters. The quantitative estimate of drug-likeness (QED) is 0.508. The van der Waals surface area contributed by atoms with Crippen LogP contribution in [0.4, 0.5) is 0 Å². The van der Waals surface area contributed by atoms with Gasteiger partial charge in [0.2, 0.25) is 0 Å². The Labute approximate surface area is 75.5 Å². The molecule has 1 aliphatic heterocycles. The Morgan fingerprint density at radius 3 is 2.75 bits per heavy atom. The van der Waals surface area contributed by atoms with Crippen molar-refractivity contribution in [2.24, 2.45) is 5.92 Å². The van der Waals surface area contributed by atoms with Crippen molar-refractivity contribution in [1.29, 1.82) is 5.41 Å². The second-order valence-electron chi connectivity index (χ2n) is 3.71. The Bertz CT molecular complexity index is 154. The van der Waals surface area contributed by atoms with Crippen molar-refractivity contribution in [3.8, 4) is 0 Å². The van der Waals surface area contributed by atoms with Gasteiger partial charge in [0.05, 0.1) is 5.84 Å². The van der Waals surface area contributed by atoms with Gasteiger partial charge in [0.25, 0.3) is 0 Å². The first-order chi connectivity index (χ1) is 5.77. The second-order valence-corrected chi connectivity index (χ2v) is 3.71. The predicted octanol–water partition coefficient (Wildman–Crippen LogP) is 2.50. The van der Waals surface area contributed by atoms with Crippen LogP contribution in [-0.4, -0.2) is 23.8 Å². The minimum atomic E-state index is 0.849. The average Bonchev–Trinajstić information content (AvgIpc) is 2.52. The summed E-state index contributed by atoms with van der Waals surface area (Å²) in [4.78, 5) is 2.25. The number of amidine groups is 1. The van der Waals surface area contributed by atoms with E-state index in [1.54, 1.807) is 0 Å². The maximum absolute atomic E-state index is 7.78. The third-order valence-electron chi connectivity index (χ3n) is 2.73. The average molecular weight is 168 g/mol. The van der Waals surface area contributed by atoms with Gasteiger partial charge in [-0.1, -0.05) is 20.3 Å². The summed E-state index contributed by atoms with van der Waals surface area (Å²) in [7, 11) is 0. The lowest BCUT2D eigenvalue weighted by atomic mass is 10.1. The number of hydrogen-bond donors (Lipinski definition) is 1. The molecule has 0 saturated carbocycles. The Morgan fingerprint density at radius 1 is 1.50 bits per heavy atom. The highest BCUT2D eigenvalue weighted by atomic mass is 15.2. The topological polar surface area (TPSA) is 27.1 Å². The van der Waals surface area contributed by atoms with Crippen molar-refractivity contribution >= 4 is 5.84 Å². The lowest BCUT2D eigenvalue weighted by Crippen LogP contribution is -2.27. The van der Waals surface area contributed by atoms with Crippen LogP contribution in [0.5, 0.6) is 0 Å². The Balaban J connectivity index is 2.31. The summed E-state index contributed by atoms with van der Waals surface area (Å²) in [5.41, 5.74) is 0. The molecule has 0 radical (unpaired) electrons. The van der Waals surface area contributed by atoms with Crippen molar-refractivity contribution in [2.75, 3.05) is 13.1 Å². The van der Waals surface area contributed by atoms with Crippen LogP contribution in [0.3, 0.4) is 0 Å². The van der Waals surface area contributed by atoms with Crippen LogP contribution in [0.1, 0.15) is 39.5 Å². The minimum Gasteiger partial charge on any atom is -0.360 e. The highest BCUT2D eigenvalue weighted by Gasteiger charge is 2.21. The molecule has 0 spiro atoms. The van der Waals surface area contributed by atoms with Gasteiger partial charge in [-0.05, 0) is 18.8 Å². The molecular formula is C10H20N2. The molecule has 1 saturated heterocycles. The summed E-state index contributed by atoms with van der Waals surface area (Å²) < 4.78 is 0. The fraction of sp³-hybridized carbons (Fsp3) is 0.900. The van der Waals surface area contributed by atoms with E-state index in [9.17, 15) is 0 Å². The van der Waals surface area contributed by atoms with Gasteiger partial charge in [-0.15, -0.1) is 0 Å². The normalized spacial score (nSPS) is 23.2. The molecule has 0 aromatic heterocycles. The Kier molecular flexibility index (Phi) is 3.57. The first kappa shape index (κ1) is 9.56. The van der Waals surface area contributed by atoms with Crippen molar-refractivity contribution < 1.29 is 0 Å². The molecule has 2 heteroatoms. The van der Waals surface area contributed by atoms with Crippen LogP contribution in [0.15, 0.2) is 0 Å². The van der Waals surface area contributed by atoms with Crippen LogP contribution < -0.4 is 0 Å². The lowest BCUT2D eigenvalue weighted by molar-refractivity contribution is 0.460. The standard InChI is InChI=1S/C10H20N2/c1-3-5-10(11)12-7-6-9(4-2)8-12/h9,11H,3-8H2,1-2H3. The molecule has 1 heterocycles. The Morgan fingerprint density at radius 2 is 2.25 bits per heavy atom. The number of rotatable bonds is 3. The summed E-state index contributed by atoms with van der Waals surface area (Å²) in [6.45, 7) is 6.65. The molecule has 0 bridgehead atoms. The third kappa shape index (κ3) is 2.23. The largest absolute Gasteiger partial charge is 0.360 e.